The number of hydrogen-bond donors (Lipinski definition) is 1. The third kappa shape index (κ3) is 3.21. The van der Waals surface area contributed by atoms with Crippen molar-refractivity contribution in [3.8, 4) is 5.69 Å². The second-order valence-corrected chi connectivity index (χ2v) is 8.50. The van der Waals surface area contributed by atoms with Crippen molar-refractivity contribution < 1.29 is 5.11 Å². The Morgan fingerprint density at radius 1 is 0.794 bits per heavy atom. The van der Waals surface area contributed by atoms with Crippen molar-refractivity contribution >= 4 is 32.8 Å². The zero-order valence-corrected chi connectivity index (χ0v) is 18.7. The third-order valence-corrected chi connectivity index (χ3v) is 6.34. The van der Waals surface area contributed by atoms with Gasteiger partial charge in [-0.15, -0.1) is 0 Å². The maximum absolute atomic E-state index is 13.3. The number of rotatable bonds is 5. The van der Waals surface area contributed by atoms with Gasteiger partial charge in [-0.1, -0.05) is 54.6 Å². The van der Waals surface area contributed by atoms with E-state index in [4.69, 9.17) is 0 Å². The van der Waals surface area contributed by atoms with Crippen molar-refractivity contribution in [1.29, 1.82) is 0 Å². The zero-order valence-electron chi connectivity index (χ0n) is 18.7. The highest BCUT2D eigenvalue weighted by molar-refractivity contribution is 6.07. The van der Waals surface area contributed by atoms with E-state index in [2.05, 4.69) is 38.9 Å². The Hall–Kier alpha value is -4.23. The molecule has 0 aliphatic rings. The van der Waals surface area contributed by atoms with Gasteiger partial charge in [0.2, 0.25) is 0 Å². The molecule has 0 radical (unpaired) electrons. The number of para-hydroxylation sites is 3. The van der Waals surface area contributed by atoms with Crippen molar-refractivity contribution in [3.05, 3.63) is 101 Å². The average molecular weight is 450 g/mol. The molecule has 0 aliphatic heterocycles. The van der Waals surface area contributed by atoms with Gasteiger partial charge in [0.25, 0.3) is 5.56 Å². The lowest BCUT2D eigenvalue weighted by atomic mass is 10.2. The van der Waals surface area contributed by atoms with Crippen molar-refractivity contribution in [2.24, 2.45) is 0 Å². The van der Waals surface area contributed by atoms with E-state index in [1.165, 1.54) is 4.57 Å². The fourth-order valence-electron chi connectivity index (χ4n) is 4.76. The Morgan fingerprint density at radius 2 is 1.38 bits per heavy atom. The molecule has 0 amide bonds. The van der Waals surface area contributed by atoms with Gasteiger partial charge in [0, 0.05) is 21.8 Å². The molecular formula is C27H23N5O2. The highest BCUT2D eigenvalue weighted by atomic mass is 16.3. The van der Waals surface area contributed by atoms with E-state index in [-0.39, 0.29) is 12.1 Å². The van der Waals surface area contributed by atoms with Crippen LogP contribution < -0.4 is 5.56 Å². The molecule has 7 nitrogen and oxygen atoms in total. The third-order valence-electron chi connectivity index (χ3n) is 6.34. The minimum Gasteiger partial charge on any atom is -0.389 e. The number of aryl methyl sites for hydroxylation is 1. The zero-order chi connectivity index (χ0) is 23.2. The quantitative estimate of drug-likeness (QED) is 0.431. The lowest BCUT2D eigenvalue weighted by Gasteiger charge is -2.17. The molecule has 34 heavy (non-hydrogen) atoms. The van der Waals surface area contributed by atoms with Crippen LogP contribution in [-0.2, 0) is 13.1 Å². The van der Waals surface area contributed by atoms with Crippen LogP contribution in [0.1, 0.15) is 5.82 Å². The molecule has 6 aromatic rings. The van der Waals surface area contributed by atoms with E-state index < -0.39 is 6.10 Å². The Kier molecular flexibility index (Phi) is 4.78. The summed E-state index contributed by atoms with van der Waals surface area (Å²) in [5.74, 6) is 0.538. The molecule has 1 atom stereocenters. The van der Waals surface area contributed by atoms with Crippen molar-refractivity contribution in [3.63, 3.8) is 0 Å². The number of aromatic nitrogens is 5. The van der Waals surface area contributed by atoms with Gasteiger partial charge in [0.05, 0.1) is 31.1 Å². The largest absolute Gasteiger partial charge is 0.389 e. The number of benzene rings is 3. The first kappa shape index (κ1) is 20.4. The van der Waals surface area contributed by atoms with E-state index >= 15 is 0 Å². The van der Waals surface area contributed by atoms with Crippen LogP contribution in [0, 0.1) is 6.92 Å². The Balaban J connectivity index is 1.37. The van der Waals surface area contributed by atoms with E-state index in [1.807, 2.05) is 54.6 Å². The minimum atomic E-state index is -0.779. The highest BCUT2D eigenvalue weighted by Gasteiger charge is 2.18. The highest BCUT2D eigenvalue weighted by Crippen LogP contribution is 2.29. The first-order valence-electron chi connectivity index (χ1n) is 11.3. The smallest absolute Gasteiger partial charge is 0.264 e. The molecule has 0 aliphatic carbocycles. The standard InChI is InChI=1S/C27H23N5O2/c1-18-29-26-23(15-28-32(26)19-9-3-2-4-10-19)27(34)30(18)16-20(33)17-31-24-13-7-5-11-21(24)22-12-6-8-14-25(22)31/h2-15,20,33H,16-17H2,1H3/t20-/m0/s1. The molecule has 1 N–H and O–H groups in total. The van der Waals surface area contributed by atoms with Crippen LogP contribution in [-0.4, -0.2) is 35.1 Å². The fraction of sp³-hybridized carbons (Fsp3) is 0.148. The lowest BCUT2D eigenvalue weighted by molar-refractivity contribution is 0.135. The van der Waals surface area contributed by atoms with Gasteiger partial charge in [0.1, 0.15) is 11.2 Å². The molecule has 0 saturated carbocycles. The van der Waals surface area contributed by atoms with E-state index in [0.717, 1.165) is 27.5 Å². The molecule has 6 rings (SSSR count). The fourth-order valence-corrected chi connectivity index (χ4v) is 4.76. The SMILES string of the molecule is Cc1nc2c(cnn2-c2ccccc2)c(=O)n1C[C@H](O)Cn1c2ccccc2c2ccccc21. The van der Waals surface area contributed by atoms with Crippen LogP contribution in [0.25, 0.3) is 38.5 Å². The van der Waals surface area contributed by atoms with Crippen LogP contribution in [0.15, 0.2) is 89.9 Å². The molecule has 0 bridgehead atoms. The molecule has 3 aromatic carbocycles. The molecule has 0 fully saturated rings. The van der Waals surface area contributed by atoms with Crippen molar-refractivity contribution in [1.82, 2.24) is 23.9 Å². The molecule has 3 aromatic heterocycles. The summed E-state index contributed by atoms with van der Waals surface area (Å²) in [6, 6.07) is 26.0. The van der Waals surface area contributed by atoms with Gasteiger partial charge in [-0.25, -0.2) is 9.67 Å². The number of aliphatic hydroxyl groups is 1. The summed E-state index contributed by atoms with van der Waals surface area (Å²) in [5.41, 5.74) is 3.27. The van der Waals surface area contributed by atoms with Gasteiger partial charge >= 0.3 is 0 Å². The first-order valence-corrected chi connectivity index (χ1v) is 11.3. The predicted molar refractivity (Wildman–Crippen MR) is 133 cm³/mol. The summed E-state index contributed by atoms with van der Waals surface area (Å²) in [6.07, 6.45) is 0.770. The van der Waals surface area contributed by atoms with Gasteiger partial charge < -0.3 is 9.67 Å². The van der Waals surface area contributed by atoms with Gasteiger partial charge in [-0.2, -0.15) is 5.10 Å². The molecular weight excluding hydrogens is 426 g/mol. The second-order valence-electron chi connectivity index (χ2n) is 8.50. The predicted octanol–water partition coefficient (Wildman–Crippen LogP) is 4.06. The Bertz CT molecular complexity index is 1660. The number of fused-ring (bicyclic) bond motifs is 4. The van der Waals surface area contributed by atoms with Crippen molar-refractivity contribution in [2.75, 3.05) is 0 Å². The maximum atomic E-state index is 13.3. The summed E-state index contributed by atoms with van der Waals surface area (Å²) >= 11 is 0. The molecule has 0 unspecified atom stereocenters. The average Bonchev–Trinajstić information content (AvgIpc) is 3.42. The molecule has 7 heteroatoms. The van der Waals surface area contributed by atoms with Crippen LogP contribution in [0.5, 0.6) is 0 Å². The van der Waals surface area contributed by atoms with Crippen LogP contribution in [0.2, 0.25) is 0 Å². The number of nitrogens with zero attached hydrogens (tertiary/aromatic N) is 5. The lowest BCUT2D eigenvalue weighted by Crippen LogP contribution is -2.31. The van der Waals surface area contributed by atoms with E-state index in [1.54, 1.807) is 17.8 Å². The van der Waals surface area contributed by atoms with Crippen LogP contribution in [0.4, 0.5) is 0 Å². The molecule has 168 valence electrons. The Morgan fingerprint density at radius 3 is 2.06 bits per heavy atom. The van der Waals surface area contributed by atoms with Crippen LogP contribution in [0.3, 0.4) is 0 Å². The van der Waals surface area contributed by atoms with E-state index in [9.17, 15) is 9.90 Å². The summed E-state index contributed by atoms with van der Waals surface area (Å²) in [7, 11) is 0. The van der Waals surface area contributed by atoms with E-state index in [0.29, 0.717) is 23.4 Å². The van der Waals surface area contributed by atoms with Gasteiger partial charge in [0.15, 0.2) is 5.65 Å². The monoisotopic (exact) mass is 449 g/mol. The maximum Gasteiger partial charge on any atom is 0.264 e. The van der Waals surface area contributed by atoms with Crippen molar-refractivity contribution in [2.45, 2.75) is 26.1 Å². The molecule has 3 heterocycles. The number of hydrogen-bond acceptors (Lipinski definition) is 4. The normalized spacial score (nSPS) is 12.6. The van der Waals surface area contributed by atoms with Gasteiger partial charge in [-0.3, -0.25) is 9.36 Å². The molecule has 0 saturated heterocycles. The number of aliphatic hydroxyl groups excluding tert-OH is 1. The summed E-state index contributed by atoms with van der Waals surface area (Å²) in [6.45, 7) is 2.29. The van der Waals surface area contributed by atoms with Crippen LogP contribution >= 0.6 is 0 Å². The Labute approximate surface area is 195 Å². The molecule has 0 spiro atoms. The minimum absolute atomic E-state index is 0.144. The summed E-state index contributed by atoms with van der Waals surface area (Å²) in [4.78, 5) is 18.0. The topological polar surface area (TPSA) is 77.9 Å². The second kappa shape index (κ2) is 7.97. The summed E-state index contributed by atoms with van der Waals surface area (Å²) < 4.78 is 5.33. The summed E-state index contributed by atoms with van der Waals surface area (Å²) in [5, 5.41) is 18.2. The van der Waals surface area contributed by atoms with Gasteiger partial charge in [-0.05, 0) is 31.2 Å². The first-order chi connectivity index (χ1) is 16.6.